The highest BCUT2D eigenvalue weighted by Gasteiger charge is 2.19. The minimum atomic E-state index is -0.640. The fourth-order valence-corrected chi connectivity index (χ4v) is 2.93. The number of aromatic nitrogens is 1. The summed E-state index contributed by atoms with van der Waals surface area (Å²) >= 11 is 0. The van der Waals surface area contributed by atoms with Crippen molar-refractivity contribution in [2.45, 2.75) is 13.3 Å². The van der Waals surface area contributed by atoms with Gasteiger partial charge in [-0.05, 0) is 42.3 Å². The molecule has 1 aromatic heterocycles. The predicted octanol–water partition coefficient (Wildman–Crippen LogP) is 3.80. The van der Waals surface area contributed by atoms with Gasteiger partial charge in [-0.2, -0.15) is 0 Å². The number of amides is 1. The van der Waals surface area contributed by atoms with Crippen molar-refractivity contribution in [2.75, 3.05) is 13.7 Å². The second kappa shape index (κ2) is 6.93. The lowest BCUT2D eigenvalue weighted by Crippen LogP contribution is -2.22. The molecule has 0 saturated carbocycles. The molecule has 0 unspecified atom stereocenters. The quantitative estimate of drug-likeness (QED) is 0.740. The molecule has 0 bridgehead atoms. The third-order valence-corrected chi connectivity index (χ3v) is 4.08. The Labute approximate surface area is 143 Å². The van der Waals surface area contributed by atoms with Crippen LogP contribution in [0.1, 0.15) is 12.5 Å². The van der Waals surface area contributed by atoms with Crippen LogP contribution in [0.4, 0.5) is 8.78 Å². The van der Waals surface area contributed by atoms with Gasteiger partial charge in [0.05, 0.1) is 18.4 Å². The lowest BCUT2D eigenvalue weighted by Gasteiger charge is -2.08. The highest BCUT2D eigenvalue weighted by molar-refractivity contribution is 5.92. The van der Waals surface area contributed by atoms with E-state index in [9.17, 15) is 13.6 Å². The van der Waals surface area contributed by atoms with Crippen LogP contribution in [-0.2, 0) is 11.2 Å². The number of benzene rings is 2. The molecular formula is C19H18F2N2O2. The first kappa shape index (κ1) is 17.0. The summed E-state index contributed by atoms with van der Waals surface area (Å²) in [6.07, 6.45) is 0.426. The summed E-state index contributed by atoms with van der Waals surface area (Å²) in [5.74, 6) is -0.789. The van der Waals surface area contributed by atoms with Crippen molar-refractivity contribution in [1.82, 2.24) is 10.3 Å². The number of carbonyl (C=O) groups excluding carboxylic acids is 1. The summed E-state index contributed by atoms with van der Waals surface area (Å²) in [6, 6.07) is 9.18. The average Bonchev–Trinajstić information content (AvgIpc) is 2.92. The third kappa shape index (κ3) is 3.33. The highest BCUT2D eigenvalue weighted by atomic mass is 19.1. The molecule has 3 rings (SSSR count). The van der Waals surface area contributed by atoms with Crippen molar-refractivity contribution in [3.05, 3.63) is 53.6 Å². The number of nitrogens with one attached hydrogen (secondary N) is 2. The minimum Gasteiger partial charge on any atom is -0.497 e. The van der Waals surface area contributed by atoms with E-state index in [4.69, 9.17) is 4.74 Å². The summed E-state index contributed by atoms with van der Waals surface area (Å²) in [5.41, 5.74) is 1.75. The van der Waals surface area contributed by atoms with Crippen LogP contribution < -0.4 is 10.1 Å². The maximum absolute atomic E-state index is 14.3. The van der Waals surface area contributed by atoms with Crippen molar-refractivity contribution in [1.29, 1.82) is 0 Å². The topological polar surface area (TPSA) is 54.1 Å². The van der Waals surface area contributed by atoms with Gasteiger partial charge < -0.3 is 15.0 Å². The first-order valence-corrected chi connectivity index (χ1v) is 7.88. The van der Waals surface area contributed by atoms with E-state index in [1.165, 1.54) is 25.1 Å². The lowest BCUT2D eigenvalue weighted by molar-refractivity contribution is -0.118. The van der Waals surface area contributed by atoms with Crippen molar-refractivity contribution >= 4 is 16.8 Å². The molecule has 6 heteroatoms. The Morgan fingerprint density at radius 3 is 2.56 bits per heavy atom. The number of carbonyl (C=O) groups is 1. The molecule has 0 radical (unpaired) electrons. The number of hydrogen-bond donors (Lipinski definition) is 2. The summed E-state index contributed by atoms with van der Waals surface area (Å²) < 4.78 is 33.8. The molecule has 0 atom stereocenters. The molecule has 2 aromatic carbocycles. The monoisotopic (exact) mass is 344 g/mol. The molecule has 1 heterocycles. The fraction of sp³-hybridized carbons (Fsp3) is 0.211. The summed E-state index contributed by atoms with van der Waals surface area (Å²) in [6.45, 7) is 1.79. The van der Waals surface area contributed by atoms with Gasteiger partial charge in [0.1, 0.15) is 17.4 Å². The minimum absolute atomic E-state index is 0.101. The molecule has 3 aromatic rings. The first-order chi connectivity index (χ1) is 12.0. The van der Waals surface area contributed by atoms with Crippen molar-refractivity contribution in [3.8, 4) is 17.0 Å². The van der Waals surface area contributed by atoms with Crippen LogP contribution >= 0.6 is 0 Å². The fourth-order valence-electron chi connectivity index (χ4n) is 2.93. The average molecular weight is 344 g/mol. The number of ether oxygens (including phenoxy) is 1. The Morgan fingerprint density at radius 2 is 1.92 bits per heavy atom. The molecule has 130 valence electrons. The standard InChI is InChI=1S/C19H18F2N2O2/c1-11(24)22-9-8-13-14-10-12(25-2)6-7-17(14)23-19(13)18-15(20)4-3-5-16(18)21/h3-7,10,23H,8-9H2,1-2H3,(H,22,24). The van der Waals surface area contributed by atoms with Gasteiger partial charge >= 0.3 is 0 Å². The second-order valence-corrected chi connectivity index (χ2v) is 5.72. The van der Waals surface area contributed by atoms with Crippen molar-refractivity contribution in [2.24, 2.45) is 0 Å². The van der Waals surface area contributed by atoms with Gasteiger partial charge in [-0.25, -0.2) is 8.78 Å². The molecule has 4 nitrogen and oxygen atoms in total. The lowest BCUT2D eigenvalue weighted by atomic mass is 10.0. The predicted molar refractivity (Wildman–Crippen MR) is 92.6 cm³/mol. The highest BCUT2D eigenvalue weighted by Crippen LogP contribution is 2.35. The van der Waals surface area contributed by atoms with E-state index < -0.39 is 11.6 Å². The normalized spacial score (nSPS) is 10.9. The van der Waals surface area contributed by atoms with E-state index in [1.807, 2.05) is 6.07 Å². The molecule has 0 aliphatic heterocycles. The number of rotatable bonds is 5. The molecule has 0 aliphatic rings. The Balaban J connectivity index is 2.17. The second-order valence-electron chi connectivity index (χ2n) is 5.72. The van der Waals surface area contributed by atoms with Gasteiger partial charge in [-0.15, -0.1) is 0 Å². The van der Waals surface area contributed by atoms with E-state index in [0.717, 1.165) is 16.5 Å². The van der Waals surface area contributed by atoms with Crippen LogP contribution in [0.15, 0.2) is 36.4 Å². The first-order valence-electron chi connectivity index (χ1n) is 7.88. The van der Waals surface area contributed by atoms with Crippen LogP contribution in [0.25, 0.3) is 22.2 Å². The smallest absolute Gasteiger partial charge is 0.216 e. The van der Waals surface area contributed by atoms with Crippen LogP contribution in [0, 0.1) is 11.6 Å². The maximum atomic E-state index is 14.3. The van der Waals surface area contributed by atoms with Crippen LogP contribution in [0.2, 0.25) is 0 Å². The Hall–Kier alpha value is -2.89. The van der Waals surface area contributed by atoms with E-state index in [2.05, 4.69) is 10.3 Å². The SMILES string of the molecule is COc1ccc2[nH]c(-c3c(F)cccc3F)c(CCNC(C)=O)c2c1. The number of methoxy groups -OCH3 is 1. The zero-order chi connectivity index (χ0) is 18.0. The van der Waals surface area contributed by atoms with Gasteiger partial charge in [0.15, 0.2) is 0 Å². The molecule has 25 heavy (non-hydrogen) atoms. The summed E-state index contributed by atoms with van der Waals surface area (Å²) in [5, 5.41) is 3.52. The number of hydrogen-bond acceptors (Lipinski definition) is 2. The van der Waals surface area contributed by atoms with E-state index in [-0.39, 0.29) is 11.5 Å². The Kier molecular flexibility index (Phi) is 4.70. The third-order valence-electron chi connectivity index (χ3n) is 4.08. The molecule has 0 saturated heterocycles. The van der Waals surface area contributed by atoms with Crippen molar-refractivity contribution in [3.63, 3.8) is 0 Å². The van der Waals surface area contributed by atoms with E-state index >= 15 is 0 Å². The molecular weight excluding hydrogens is 326 g/mol. The molecule has 0 spiro atoms. The van der Waals surface area contributed by atoms with Crippen molar-refractivity contribution < 1.29 is 18.3 Å². The van der Waals surface area contributed by atoms with Crippen LogP contribution in [0.5, 0.6) is 5.75 Å². The Morgan fingerprint density at radius 1 is 1.20 bits per heavy atom. The number of aromatic amines is 1. The molecule has 0 aliphatic carbocycles. The molecule has 0 fully saturated rings. The zero-order valence-electron chi connectivity index (χ0n) is 14.0. The van der Waals surface area contributed by atoms with Gasteiger partial charge in [-0.1, -0.05) is 6.07 Å². The number of H-pyrrole nitrogens is 1. The molecule has 2 N–H and O–H groups in total. The zero-order valence-corrected chi connectivity index (χ0v) is 14.0. The van der Waals surface area contributed by atoms with E-state index in [0.29, 0.717) is 24.4 Å². The van der Waals surface area contributed by atoms with Gasteiger partial charge in [0.2, 0.25) is 5.91 Å². The number of halogens is 2. The summed E-state index contributed by atoms with van der Waals surface area (Å²) in [7, 11) is 1.56. The Bertz CT molecular complexity index is 914. The van der Waals surface area contributed by atoms with Crippen LogP contribution in [-0.4, -0.2) is 24.5 Å². The van der Waals surface area contributed by atoms with Crippen LogP contribution in [0.3, 0.4) is 0 Å². The largest absolute Gasteiger partial charge is 0.497 e. The maximum Gasteiger partial charge on any atom is 0.216 e. The van der Waals surface area contributed by atoms with Gasteiger partial charge in [0, 0.05) is 24.4 Å². The molecule has 1 amide bonds. The number of fused-ring (bicyclic) bond motifs is 1. The van der Waals surface area contributed by atoms with E-state index in [1.54, 1.807) is 19.2 Å². The van der Waals surface area contributed by atoms with Gasteiger partial charge in [-0.3, -0.25) is 4.79 Å². The summed E-state index contributed by atoms with van der Waals surface area (Å²) in [4.78, 5) is 14.2. The van der Waals surface area contributed by atoms with Gasteiger partial charge in [0.25, 0.3) is 0 Å².